The summed E-state index contributed by atoms with van der Waals surface area (Å²) in [7, 11) is -1.80. The van der Waals surface area contributed by atoms with Gasteiger partial charge < -0.3 is 4.43 Å². The quantitative estimate of drug-likeness (QED) is 0.461. The summed E-state index contributed by atoms with van der Waals surface area (Å²) >= 11 is 0. The molecule has 1 rings (SSSR count). The number of rotatable bonds is 2. The van der Waals surface area contributed by atoms with Crippen LogP contribution < -0.4 is 0 Å². The molecular weight excluding hydrogens is 245 g/mol. The highest BCUT2D eigenvalue weighted by Crippen LogP contribution is 2.36. The first-order chi connectivity index (χ1) is 8.22. The van der Waals surface area contributed by atoms with Crippen LogP contribution in [0.2, 0.25) is 18.1 Å². The minimum absolute atomic E-state index is 0.152. The third kappa shape index (κ3) is 4.15. The van der Waals surface area contributed by atoms with Crippen molar-refractivity contribution in [1.29, 1.82) is 0 Å². The van der Waals surface area contributed by atoms with E-state index < -0.39 is 14.3 Å². The first-order valence-electron chi connectivity index (χ1n) is 5.99. The van der Waals surface area contributed by atoms with E-state index >= 15 is 0 Å². The molecule has 0 radical (unpaired) electrons. The zero-order valence-corrected chi connectivity index (χ0v) is 12.7. The van der Waals surface area contributed by atoms with Gasteiger partial charge in [-0.1, -0.05) is 32.8 Å². The molecule has 0 aliphatic rings. The van der Waals surface area contributed by atoms with Crippen LogP contribution in [0.25, 0.3) is 0 Å². The third-order valence-corrected chi connectivity index (χ3v) is 7.49. The molecule has 0 atom stereocenters. The lowest BCUT2D eigenvalue weighted by Crippen LogP contribution is -2.39. The summed E-state index contributed by atoms with van der Waals surface area (Å²) in [5.74, 6) is 2.48. The lowest BCUT2D eigenvalue weighted by atomic mass is 10.2. The molecule has 0 fully saturated rings. The van der Waals surface area contributed by atoms with Gasteiger partial charge in [0.1, 0.15) is 0 Å². The van der Waals surface area contributed by atoms with E-state index in [1.165, 1.54) is 12.3 Å². The van der Waals surface area contributed by atoms with E-state index in [1.54, 1.807) is 6.07 Å². The Balaban J connectivity index is 2.56. The Labute approximate surface area is 110 Å². The molecule has 18 heavy (non-hydrogen) atoms. The minimum Gasteiger partial charge on any atom is -0.500 e. The second-order valence-corrected chi connectivity index (χ2v) is 10.5. The second-order valence-electron chi connectivity index (χ2n) is 5.81. The highest BCUT2D eigenvalue weighted by molar-refractivity contribution is 6.74. The highest BCUT2D eigenvalue weighted by Gasteiger charge is 2.38. The molecule has 0 amide bonds. The lowest BCUT2D eigenvalue weighted by Gasteiger charge is -2.33. The fourth-order valence-electron chi connectivity index (χ4n) is 0.966. The van der Waals surface area contributed by atoms with Crippen molar-refractivity contribution in [3.05, 3.63) is 29.8 Å². The van der Waals surface area contributed by atoms with Crippen molar-refractivity contribution in [2.75, 3.05) is 0 Å². The van der Waals surface area contributed by atoms with E-state index in [2.05, 4.69) is 50.9 Å². The number of pyridine rings is 1. The van der Waals surface area contributed by atoms with Gasteiger partial charge in [-0.15, -0.1) is 0 Å². The molecule has 98 valence electrons. The van der Waals surface area contributed by atoms with Crippen LogP contribution in [0, 0.1) is 18.0 Å². The van der Waals surface area contributed by atoms with E-state index in [1.807, 2.05) is 0 Å². The zero-order chi connectivity index (χ0) is 13.8. The Morgan fingerprint density at radius 2 is 2.00 bits per heavy atom. The van der Waals surface area contributed by atoms with Gasteiger partial charge in [-0.05, 0) is 29.8 Å². The first kappa shape index (κ1) is 14.7. The summed E-state index contributed by atoms with van der Waals surface area (Å²) in [4.78, 5) is 3.58. The first-order valence-corrected chi connectivity index (χ1v) is 8.89. The van der Waals surface area contributed by atoms with Gasteiger partial charge in [0.15, 0.2) is 0 Å². The molecule has 0 saturated carbocycles. The van der Waals surface area contributed by atoms with Crippen LogP contribution in [-0.4, -0.2) is 13.3 Å². The Morgan fingerprint density at radius 1 is 1.33 bits per heavy atom. The van der Waals surface area contributed by atoms with Gasteiger partial charge in [0.25, 0.3) is 8.32 Å². The predicted molar refractivity (Wildman–Crippen MR) is 74.0 cm³/mol. The number of aromatic nitrogens is 1. The van der Waals surface area contributed by atoms with Crippen molar-refractivity contribution < 1.29 is 8.82 Å². The van der Waals surface area contributed by atoms with Crippen molar-refractivity contribution in [3.63, 3.8) is 0 Å². The summed E-state index contributed by atoms with van der Waals surface area (Å²) < 4.78 is 18.3. The number of hydrogen-bond acceptors (Lipinski definition) is 2. The summed E-state index contributed by atoms with van der Waals surface area (Å²) in [5.41, 5.74) is 0.891. The fraction of sp³-hybridized carbons (Fsp3) is 0.500. The SMILES string of the molecule is CC(C)(C)[Si](C)(C)OC#CCc1ccc(F)nc1. The molecule has 1 aromatic rings. The zero-order valence-electron chi connectivity index (χ0n) is 11.7. The van der Waals surface area contributed by atoms with Crippen molar-refractivity contribution in [3.8, 4) is 12.0 Å². The van der Waals surface area contributed by atoms with E-state index in [9.17, 15) is 4.39 Å². The lowest BCUT2D eigenvalue weighted by molar-refractivity contribution is 0.460. The van der Waals surface area contributed by atoms with Gasteiger partial charge in [-0.25, -0.2) is 4.98 Å². The van der Waals surface area contributed by atoms with Gasteiger partial charge in [-0.2, -0.15) is 4.39 Å². The molecule has 0 unspecified atom stereocenters. The molecule has 0 saturated heterocycles. The Hall–Kier alpha value is -1.34. The maximum atomic E-state index is 12.6. The van der Waals surface area contributed by atoms with Crippen molar-refractivity contribution >= 4 is 8.32 Å². The topological polar surface area (TPSA) is 22.1 Å². The monoisotopic (exact) mass is 265 g/mol. The molecule has 1 aromatic heterocycles. The average Bonchev–Trinajstić information content (AvgIpc) is 2.25. The van der Waals surface area contributed by atoms with Crippen LogP contribution in [0.15, 0.2) is 18.3 Å². The van der Waals surface area contributed by atoms with Crippen LogP contribution >= 0.6 is 0 Å². The average molecular weight is 265 g/mol. The van der Waals surface area contributed by atoms with Gasteiger partial charge in [0.2, 0.25) is 5.95 Å². The summed E-state index contributed by atoms with van der Waals surface area (Å²) in [6, 6.07) is 3.02. The maximum Gasteiger partial charge on any atom is 0.264 e. The fourth-order valence-corrected chi connectivity index (χ4v) is 1.60. The molecule has 4 heteroatoms. The Bertz CT molecular complexity index is 451. The molecule has 0 aliphatic carbocycles. The van der Waals surface area contributed by atoms with E-state index in [0.717, 1.165) is 5.56 Å². The van der Waals surface area contributed by atoms with Crippen LogP contribution in [0.3, 0.4) is 0 Å². The van der Waals surface area contributed by atoms with Crippen LogP contribution in [0.4, 0.5) is 4.39 Å². The molecule has 0 spiro atoms. The summed E-state index contributed by atoms with van der Waals surface area (Å²) in [6.45, 7) is 10.8. The van der Waals surface area contributed by atoms with Gasteiger partial charge in [-0.3, -0.25) is 0 Å². The molecule has 2 nitrogen and oxygen atoms in total. The molecule has 0 N–H and O–H groups in total. The molecule has 0 aromatic carbocycles. The molecule has 1 heterocycles. The Kier molecular flexibility index (Phi) is 4.52. The van der Waals surface area contributed by atoms with Crippen LogP contribution in [0.5, 0.6) is 0 Å². The smallest absolute Gasteiger partial charge is 0.264 e. The standard InChI is InChI=1S/C14H20FNOSi/c1-14(2,3)18(4,5)17-10-6-7-12-8-9-13(15)16-11-12/h8-9,11H,7H2,1-5H3. The van der Waals surface area contributed by atoms with Crippen molar-refractivity contribution in [2.45, 2.75) is 45.3 Å². The summed E-state index contributed by atoms with van der Waals surface area (Å²) in [6.07, 6.45) is 4.81. The normalized spacial score (nSPS) is 11.7. The predicted octanol–water partition coefficient (Wildman–Crippen LogP) is 3.75. The Morgan fingerprint density at radius 3 is 2.50 bits per heavy atom. The van der Waals surface area contributed by atoms with E-state index in [-0.39, 0.29) is 5.04 Å². The van der Waals surface area contributed by atoms with Gasteiger partial charge >= 0.3 is 0 Å². The molecule has 0 bridgehead atoms. The number of halogens is 1. The summed E-state index contributed by atoms with van der Waals surface area (Å²) in [5, 5.41) is 0.152. The largest absolute Gasteiger partial charge is 0.500 e. The molecule has 0 aliphatic heterocycles. The van der Waals surface area contributed by atoms with Crippen molar-refractivity contribution in [2.24, 2.45) is 0 Å². The van der Waals surface area contributed by atoms with E-state index in [0.29, 0.717) is 6.42 Å². The van der Waals surface area contributed by atoms with Crippen molar-refractivity contribution in [1.82, 2.24) is 4.98 Å². The van der Waals surface area contributed by atoms with Gasteiger partial charge in [0.05, 0.1) is 6.11 Å². The minimum atomic E-state index is -1.80. The maximum absolute atomic E-state index is 12.6. The third-order valence-electron chi connectivity index (χ3n) is 3.27. The van der Waals surface area contributed by atoms with Crippen LogP contribution in [0.1, 0.15) is 26.3 Å². The molecular formula is C14H20FNOSi. The van der Waals surface area contributed by atoms with E-state index in [4.69, 9.17) is 4.43 Å². The second kappa shape index (κ2) is 5.53. The highest BCUT2D eigenvalue weighted by atomic mass is 28.4. The number of hydrogen-bond donors (Lipinski definition) is 0. The van der Waals surface area contributed by atoms with Crippen LogP contribution in [-0.2, 0) is 10.8 Å². The number of nitrogens with zero attached hydrogens (tertiary/aromatic N) is 1. The van der Waals surface area contributed by atoms with Gasteiger partial charge in [0, 0.05) is 12.6 Å².